The molecule has 0 spiro atoms. The van der Waals surface area contributed by atoms with Crippen LogP contribution in [0.2, 0.25) is 0 Å². The normalized spacial score (nSPS) is 10.3. The lowest BCUT2D eigenvalue weighted by Crippen LogP contribution is -2.18. The number of benzene rings is 1. The zero-order valence-corrected chi connectivity index (χ0v) is 9.22. The number of hydrogen-bond donors (Lipinski definition) is 1. The van der Waals surface area contributed by atoms with Gasteiger partial charge in [-0.3, -0.25) is 0 Å². The van der Waals surface area contributed by atoms with Crippen molar-refractivity contribution in [3.05, 3.63) is 47.8 Å². The molecule has 0 heterocycles. The minimum absolute atomic E-state index is 0.157. The maximum atomic E-state index is 12.8. The van der Waals surface area contributed by atoms with Crippen molar-refractivity contribution < 1.29 is 4.39 Å². The number of aryl methyl sites for hydroxylation is 1. The van der Waals surface area contributed by atoms with E-state index in [1.54, 1.807) is 6.07 Å². The molecule has 0 bridgehead atoms. The van der Waals surface area contributed by atoms with Crippen LogP contribution in [-0.2, 0) is 6.42 Å². The first-order valence-electron chi connectivity index (χ1n) is 5.30. The Hall–Kier alpha value is -1.15. The van der Waals surface area contributed by atoms with Crippen molar-refractivity contribution in [2.45, 2.75) is 19.8 Å². The van der Waals surface area contributed by atoms with Gasteiger partial charge < -0.3 is 5.32 Å². The van der Waals surface area contributed by atoms with Gasteiger partial charge in [0.25, 0.3) is 0 Å². The number of rotatable bonds is 6. The Morgan fingerprint density at radius 2 is 2.20 bits per heavy atom. The van der Waals surface area contributed by atoms with E-state index in [4.69, 9.17) is 0 Å². The molecule has 0 unspecified atom stereocenters. The molecule has 1 aromatic rings. The molecule has 0 aliphatic carbocycles. The molecule has 1 N–H and O–H groups in total. The molecule has 0 aliphatic rings. The van der Waals surface area contributed by atoms with Gasteiger partial charge in [0.05, 0.1) is 0 Å². The van der Waals surface area contributed by atoms with Gasteiger partial charge in [-0.25, -0.2) is 4.39 Å². The minimum atomic E-state index is -0.157. The maximum absolute atomic E-state index is 12.8. The molecule has 2 heteroatoms. The molecule has 0 fully saturated rings. The van der Waals surface area contributed by atoms with Crippen LogP contribution < -0.4 is 5.32 Å². The van der Waals surface area contributed by atoms with E-state index < -0.39 is 0 Å². The van der Waals surface area contributed by atoms with Gasteiger partial charge in [-0.1, -0.05) is 12.1 Å². The summed E-state index contributed by atoms with van der Waals surface area (Å²) in [5, 5.41) is 3.31. The Kier molecular flexibility index (Phi) is 5.05. The summed E-state index contributed by atoms with van der Waals surface area (Å²) in [6, 6.07) is 4.96. The molecule has 1 rings (SSSR count). The van der Waals surface area contributed by atoms with Crippen molar-refractivity contribution >= 4 is 0 Å². The molecular formula is C13H18FN. The van der Waals surface area contributed by atoms with E-state index in [1.807, 2.05) is 19.1 Å². The van der Waals surface area contributed by atoms with Crippen molar-refractivity contribution in [3.63, 3.8) is 0 Å². The standard InChI is InChI=1S/C13H18FN/c1-3-4-8-15-9-7-12-5-6-13(14)10-11(12)2/h3,5-6,10,15H,1,4,7-9H2,2H3. The second-order valence-electron chi connectivity index (χ2n) is 3.65. The SMILES string of the molecule is C=CCCNCCc1ccc(F)cc1C. The monoisotopic (exact) mass is 207 g/mol. The Labute approximate surface area is 91.0 Å². The van der Waals surface area contributed by atoms with E-state index in [0.717, 1.165) is 31.5 Å². The van der Waals surface area contributed by atoms with Crippen LogP contribution in [-0.4, -0.2) is 13.1 Å². The van der Waals surface area contributed by atoms with Gasteiger partial charge in [0.15, 0.2) is 0 Å². The van der Waals surface area contributed by atoms with Gasteiger partial charge in [-0.15, -0.1) is 6.58 Å². The number of nitrogens with one attached hydrogen (secondary N) is 1. The average molecular weight is 207 g/mol. The quantitative estimate of drug-likeness (QED) is 0.558. The van der Waals surface area contributed by atoms with E-state index in [-0.39, 0.29) is 5.82 Å². The van der Waals surface area contributed by atoms with Gasteiger partial charge >= 0.3 is 0 Å². The molecule has 0 amide bonds. The Morgan fingerprint density at radius 3 is 2.87 bits per heavy atom. The van der Waals surface area contributed by atoms with Crippen LogP contribution in [0, 0.1) is 12.7 Å². The van der Waals surface area contributed by atoms with Crippen LogP contribution in [0.15, 0.2) is 30.9 Å². The fourth-order valence-corrected chi connectivity index (χ4v) is 1.49. The van der Waals surface area contributed by atoms with Gasteiger partial charge in [0, 0.05) is 0 Å². The second-order valence-corrected chi connectivity index (χ2v) is 3.65. The van der Waals surface area contributed by atoms with Crippen LogP contribution in [0.1, 0.15) is 17.5 Å². The molecular weight excluding hydrogens is 189 g/mol. The first kappa shape index (κ1) is 11.9. The van der Waals surface area contributed by atoms with Crippen LogP contribution in [0.25, 0.3) is 0 Å². The van der Waals surface area contributed by atoms with Crippen molar-refractivity contribution in [2.75, 3.05) is 13.1 Å². The molecule has 82 valence electrons. The lowest BCUT2D eigenvalue weighted by atomic mass is 10.1. The molecule has 15 heavy (non-hydrogen) atoms. The van der Waals surface area contributed by atoms with Crippen LogP contribution >= 0.6 is 0 Å². The van der Waals surface area contributed by atoms with Crippen molar-refractivity contribution in [2.24, 2.45) is 0 Å². The second kappa shape index (κ2) is 6.36. The molecule has 0 radical (unpaired) electrons. The zero-order valence-electron chi connectivity index (χ0n) is 9.22. The zero-order chi connectivity index (χ0) is 11.1. The maximum Gasteiger partial charge on any atom is 0.123 e. The van der Waals surface area contributed by atoms with Crippen molar-refractivity contribution in [1.82, 2.24) is 5.32 Å². The molecule has 1 nitrogen and oxygen atoms in total. The van der Waals surface area contributed by atoms with Gasteiger partial charge in [0.1, 0.15) is 5.82 Å². The largest absolute Gasteiger partial charge is 0.316 e. The summed E-state index contributed by atoms with van der Waals surface area (Å²) < 4.78 is 12.8. The molecule has 0 aliphatic heterocycles. The molecule has 0 aromatic heterocycles. The summed E-state index contributed by atoms with van der Waals surface area (Å²) in [7, 11) is 0. The third-order valence-electron chi connectivity index (χ3n) is 2.40. The highest BCUT2D eigenvalue weighted by Gasteiger charge is 1.99. The van der Waals surface area contributed by atoms with Gasteiger partial charge in [-0.2, -0.15) is 0 Å². The summed E-state index contributed by atoms with van der Waals surface area (Å²) in [6.07, 6.45) is 3.84. The summed E-state index contributed by atoms with van der Waals surface area (Å²) in [4.78, 5) is 0. The Morgan fingerprint density at radius 1 is 1.40 bits per heavy atom. The highest BCUT2D eigenvalue weighted by Crippen LogP contribution is 2.10. The molecule has 0 saturated heterocycles. The van der Waals surface area contributed by atoms with Crippen LogP contribution in [0.5, 0.6) is 0 Å². The average Bonchev–Trinajstić information content (AvgIpc) is 2.20. The van der Waals surface area contributed by atoms with Gasteiger partial charge in [0.2, 0.25) is 0 Å². The molecule has 1 aromatic carbocycles. The fraction of sp³-hybridized carbons (Fsp3) is 0.385. The van der Waals surface area contributed by atoms with E-state index in [1.165, 1.54) is 11.6 Å². The highest BCUT2D eigenvalue weighted by molar-refractivity contribution is 5.26. The number of halogens is 1. The summed E-state index contributed by atoms with van der Waals surface area (Å²) in [5.74, 6) is -0.157. The van der Waals surface area contributed by atoms with E-state index in [9.17, 15) is 4.39 Å². The Balaban J connectivity index is 2.34. The predicted molar refractivity (Wildman–Crippen MR) is 62.5 cm³/mol. The van der Waals surface area contributed by atoms with Crippen LogP contribution in [0.3, 0.4) is 0 Å². The Bertz CT molecular complexity index is 320. The smallest absolute Gasteiger partial charge is 0.123 e. The number of hydrogen-bond acceptors (Lipinski definition) is 1. The van der Waals surface area contributed by atoms with E-state index in [2.05, 4.69) is 11.9 Å². The first-order valence-corrected chi connectivity index (χ1v) is 5.30. The highest BCUT2D eigenvalue weighted by atomic mass is 19.1. The van der Waals surface area contributed by atoms with E-state index in [0.29, 0.717) is 0 Å². The predicted octanol–water partition coefficient (Wildman–Crippen LogP) is 2.84. The summed E-state index contributed by atoms with van der Waals surface area (Å²) in [5.41, 5.74) is 2.24. The topological polar surface area (TPSA) is 12.0 Å². The minimum Gasteiger partial charge on any atom is -0.316 e. The summed E-state index contributed by atoms with van der Waals surface area (Å²) in [6.45, 7) is 7.50. The lowest BCUT2D eigenvalue weighted by molar-refractivity contribution is 0.624. The van der Waals surface area contributed by atoms with E-state index >= 15 is 0 Å². The fourth-order valence-electron chi connectivity index (χ4n) is 1.49. The lowest BCUT2D eigenvalue weighted by Gasteiger charge is -2.06. The first-order chi connectivity index (χ1) is 7.24. The third kappa shape index (κ3) is 4.26. The van der Waals surface area contributed by atoms with Crippen molar-refractivity contribution in [1.29, 1.82) is 0 Å². The third-order valence-corrected chi connectivity index (χ3v) is 2.40. The molecule has 0 atom stereocenters. The van der Waals surface area contributed by atoms with Gasteiger partial charge in [-0.05, 0) is 56.1 Å². The van der Waals surface area contributed by atoms with Crippen molar-refractivity contribution in [3.8, 4) is 0 Å². The summed E-state index contributed by atoms with van der Waals surface area (Å²) >= 11 is 0. The van der Waals surface area contributed by atoms with Crippen LogP contribution in [0.4, 0.5) is 4.39 Å². The molecule has 0 saturated carbocycles.